The maximum absolute atomic E-state index is 11.7. The van der Waals surface area contributed by atoms with Gasteiger partial charge in [0.05, 0.1) is 6.10 Å². The van der Waals surface area contributed by atoms with Crippen LogP contribution in [0.2, 0.25) is 0 Å². The van der Waals surface area contributed by atoms with E-state index in [1.807, 2.05) is 0 Å². The van der Waals surface area contributed by atoms with Gasteiger partial charge in [0.2, 0.25) is 0 Å². The van der Waals surface area contributed by atoms with Crippen molar-refractivity contribution < 1.29 is 53.1 Å². The van der Waals surface area contributed by atoms with Gasteiger partial charge in [-0.3, -0.25) is 4.79 Å². The number of carbonyl (C=O) groups is 1. The fraction of sp³-hybridized carbons (Fsp3) is 0.864. The minimum absolute atomic E-state index is 0. The van der Waals surface area contributed by atoms with Crippen molar-refractivity contribution in [2.24, 2.45) is 0 Å². The van der Waals surface area contributed by atoms with E-state index in [1.165, 1.54) is 57.8 Å². The summed E-state index contributed by atoms with van der Waals surface area (Å²) in [5, 5.41) is 0. The number of carbonyl (C=O) groups excluding carboxylic acids is 1. The monoisotopic (exact) mass is 438 g/mol. The van der Waals surface area contributed by atoms with Crippen LogP contribution in [0.3, 0.4) is 0 Å². The summed E-state index contributed by atoms with van der Waals surface area (Å²) in [4.78, 5) is 22.8. The number of unbranched alkanes of at least 4 members (excludes halogenated alkanes) is 11. The van der Waals surface area contributed by atoms with Crippen LogP contribution in [0, 0.1) is 0 Å². The van der Waals surface area contributed by atoms with Gasteiger partial charge in [-0.25, -0.2) is 0 Å². The summed E-state index contributed by atoms with van der Waals surface area (Å²) in [5.74, 6) is -0.256. The van der Waals surface area contributed by atoms with E-state index in [0.29, 0.717) is 12.8 Å². The molecule has 0 bridgehead atoms. The second-order valence-corrected chi connectivity index (χ2v) is 9.75. The third kappa shape index (κ3) is 17.7. The van der Waals surface area contributed by atoms with Crippen molar-refractivity contribution in [1.82, 2.24) is 0 Å². The first-order valence-corrected chi connectivity index (χ1v) is 13.1. The molecule has 0 aliphatic carbocycles. The Morgan fingerprint density at radius 3 is 2.10 bits per heavy atom. The van der Waals surface area contributed by atoms with E-state index in [1.54, 1.807) is 0 Å². The first-order chi connectivity index (χ1) is 13.5. The van der Waals surface area contributed by atoms with Crippen LogP contribution >= 0.6 is 7.60 Å². The van der Waals surface area contributed by atoms with Crippen LogP contribution in [0.1, 0.15) is 103 Å². The molecule has 0 saturated carbocycles. The number of ether oxygens (including phenoxy) is 1. The normalized spacial score (nSPS) is 21.4. The van der Waals surface area contributed by atoms with E-state index in [9.17, 15) is 14.3 Å². The van der Waals surface area contributed by atoms with Gasteiger partial charge >= 0.3 is 35.5 Å². The molecular formula is C22H40NaO5P. The average Bonchev–Trinajstić information content (AvgIpc) is 3.02. The topological polar surface area (TPSA) is 75.7 Å². The zero-order valence-electron chi connectivity index (χ0n) is 18.7. The first-order valence-electron chi connectivity index (χ1n) is 11.3. The third-order valence-electron chi connectivity index (χ3n) is 5.11. The average molecular weight is 439 g/mol. The zero-order chi connectivity index (χ0) is 20.5. The van der Waals surface area contributed by atoms with Crippen LogP contribution < -0.4 is 34.5 Å². The van der Waals surface area contributed by atoms with Crippen LogP contribution in [0.4, 0.5) is 0 Å². The SMILES string of the molecule is CCCCCCCC/C=C\CCCCCCCC(=O)OCC1CCP(=O)([O-])O1.[Na+]. The molecule has 1 fully saturated rings. The van der Waals surface area contributed by atoms with E-state index >= 15 is 0 Å². The Kier molecular flexibility index (Phi) is 19.3. The van der Waals surface area contributed by atoms with Crippen LogP contribution in [0.25, 0.3) is 0 Å². The van der Waals surface area contributed by atoms with Crippen LogP contribution in [-0.4, -0.2) is 24.8 Å². The molecule has 1 aliphatic heterocycles. The number of esters is 1. The second-order valence-electron chi connectivity index (χ2n) is 7.87. The van der Waals surface area contributed by atoms with Crippen molar-refractivity contribution in [1.29, 1.82) is 0 Å². The first kappa shape index (κ1) is 29.4. The summed E-state index contributed by atoms with van der Waals surface area (Å²) in [6.07, 6.45) is 21.0. The summed E-state index contributed by atoms with van der Waals surface area (Å²) in [6.45, 7) is 2.30. The third-order valence-corrected chi connectivity index (χ3v) is 6.53. The Morgan fingerprint density at radius 1 is 1.00 bits per heavy atom. The summed E-state index contributed by atoms with van der Waals surface area (Å²) in [7, 11) is -3.66. The molecule has 0 aromatic rings. The molecular weight excluding hydrogens is 398 g/mol. The molecule has 1 rings (SSSR count). The Balaban J connectivity index is 0.00000784. The van der Waals surface area contributed by atoms with Crippen molar-refractivity contribution in [3.8, 4) is 0 Å². The molecule has 0 amide bonds. The van der Waals surface area contributed by atoms with Gasteiger partial charge in [0.1, 0.15) is 14.2 Å². The fourth-order valence-corrected chi connectivity index (χ4v) is 4.68. The minimum atomic E-state index is -3.66. The summed E-state index contributed by atoms with van der Waals surface area (Å²) in [6, 6.07) is 0. The zero-order valence-corrected chi connectivity index (χ0v) is 21.6. The molecule has 2 atom stereocenters. The largest absolute Gasteiger partial charge is 1.00 e. The Bertz CT molecular complexity index is 484. The Hall–Kier alpha value is 0.360. The maximum Gasteiger partial charge on any atom is 1.00 e. The fourth-order valence-electron chi connectivity index (χ4n) is 3.35. The van der Waals surface area contributed by atoms with E-state index in [0.717, 1.165) is 25.7 Å². The standard InChI is InChI=1S/C22H41O5P.Na/c1-2-3-4-5-6-7-8-9-10-11-12-13-14-15-16-17-22(23)26-20-21-18-19-28(24,25)27-21;/h9-10,21H,2-8,11-20H2,1H3,(H,24,25);/q;+1/p-1/b10-9-;. The van der Waals surface area contributed by atoms with Crippen molar-refractivity contribution in [2.45, 2.75) is 109 Å². The molecule has 0 aromatic carbocycles. The molecule has 1 heterocycles. The number of allylic oxidation sites excluding steroid dienone is 2. The van der Waals surface area contributed by atoms with Crippen LogP contribution in [0.5, 0.6) is 0 Å². The molecule has 2 unspecified atom stereocenters. The van der Waals surface area contributed by atoms with Crippen LogP contribution in [-0.2, 0) is 18.6 Å². The van der Waals surface area contributed by atoms with Gasteiger partial charge in [0, 0.05) is 12.6 Å². The van der Waals surface area contributed by atoms with Gasteiger partial charge in [0.25, 0.3) is 0 Å². The molecule has 164 valence electrons. The van der Waals surface area contributed by atoms with E-state index < -0.39 is 13.7 Å². The van der Waals surface area contributed by atoms with Gasteiger partial charge < -0.3 is 18.7 Å². The number of rotatable bonds is 17. The summed E-state index contributed by atoms with van der Waals surface area (Å²) < 4.78 is 21.1. The molecule has 1 aliphatic rings. The molecule has 5 nitrogen and oxygen atoms in total. The van der Waals surface area contributed by atoms with Crippen molar-refractivity contribution in [3.05, 3.63) is 12.2 Å². The molecule has 1 saturated heterocycles. The predicted molar refractivity (Wildman–Crippen MR) is 112 cm³/mol. The maximum atomic E-state index is 11.7. The number of hydrogen-bond donors (Lipinski definition) is 0. The van der Waals surface area contributed by atoms with E-state index in [-0.39, 0.29) is 48.3 Å². The Labute approximate surface area is 200 Å². The molecule has 0 spiro atoms. The number of hydrogen-bond acceptors (Lipinski definition) is 5. The second kappa shape index (κ2) is 19.1. The minimum Gasteiger partial charge on any atom is -0.778 e. The van der Waals surface area contributed by atoms with E-state index in [2.05, 4.69) is 19.1 Å². The molecule has 0 N–H and O–H groups in total. The quantitative estimate of drug-likeness (QED) is 0.115. The van der Waals surface area contributed by atoms with Crippen LogP contribution in [0.15, 0.2) is 12.2 Å². The molecule has 7 heteroatoms. The van der Waals surface area contributed by atoms with Gasteiger partial charge in [0.15, 0.2) is 0 Å². The van der Waals surface area contributed by atoms with E-state index in [4.69, 9.17) is 9.26 Å². The summed E-state index contributed by atoms with van der Waals surface area (Å²) >= 11 is 0. The Morgan fingerprint density at radius 2 is 1.55 bits per heavy atom. The van der Waals surface area contributed by atoms with Gasteiger partial charge in [-0.15, -0.1) is 0 Å². The van der Waals surface area contributed by atoms with Gasteiger partial charge in [-0.05, 0) is 38.5 Å². The van der Waals surface area contributed by atoms with Crippen molar-refractivity contribution >= 4 is 13.6 Å². The molecule has 0 aromatic heterocycles. The van der Waals surface area contributed by atoms with Crippen molar-refractivity contribution in [3.63, 3.8) is 0 Å². The van der Waals surface area contributed by atoms with Gasteiger partial charge in [-0.2, -0.15) is 0 Å². The molecule has 0 radical (unpaired) electrons. The van der Waals surface area contributed by atoms with Crippen molar-refractivity contribution in [2.75, 3.05) is 12.8 Å². The predicted octanol–water partition coefficient (Wildman–Crippen LogP) is 2.91. The molecule has 29 heavy (non-hydrogen) atoms. The smallest absolute Gasteiger partial charge is 0.778 e. The van der Waals surface area contributed by atoms with Gasteiger partial charge in [-0.1, -0.05) is 70.4 Å². The summed E-state index contributed by atoms with van der Waals surface area (Å²) in [5.41, 5.74) is 0.